The summed E-state index contributed by atoms with van der Waals surface area (Å²) in [5.74, 6) is 0.123. The van der Waals surface area contributed by atoms with Crippen LogP contribution in [0, 0.1) is 6.92 Å². The number of aryl methyl sites for hydroxylation is 1. The Kier molecular flexibility index (Phi) is 4.77. The summed E-state index contributed by atoms with van der Waals surface area (Å²) >= 11 is 0. The van der Waals surface area contributed by atoms with Crippen LogP contribution >= 0.6 is 0 Å². The predicted octanol–water partition coefficient (Wildman–Crippen LogP) is 1.45. The van der Waals surface area contributed by atoms with Crippen LogP contribution < -0.4 is 4.74 Å². The van der Waals surface area contributed by atoms with E-state index in [1.165, 1.54) is 0 Å². The van der Waals surface area contributed by atoms with Gasteiger partial charge in [0.2, 0.25) is 11.8 Å². The van der Waals surface area contributed by atoms with E-state index in [0.717, 1.165) is 4.90 Å². The van der Waals surface area contributed by atoms with E-state index in [1.807, 2.05) is 0 Å². The van der Waals surface area contributed by atoms with Crippen molar-refractivity contribution >= 4 is 17.7 Å². The molecule has 0 bridgehead atoms. The first-order valence-corrected chi connectivity index (χ1v) is 9.22. The lowest BCUT2D eigenvalue weighted by molar-refractivity contribution is -0.133. The second kappa shape index (κ2) is 7.38. The first-order valence-electron chi connectivity index (χ1n) is 9.22. The molecule has 0 N–H and O–H groups in total. The van der Waals surface area contributed by atoms with Gasteiger partial charge in [-0.2, -0.15) is 4.98 Å². The molecule has 2 aliphatic heterocycles. The van der Waals surface area contributed by atoms with Crippen LogP contribution in [-0.4, -0.2) is 63.2 Å². The van der Waals surface area contributed by atoms with Crippen molar-refractivity contribution in [3.05, 3.63) is 53.5 Å². The van der Waals surface area contributed by atoms with Crippen LogP contribution in [0.2, 0.25) is 0 Å². The van der Waals surface area contributed by atoms with Crippen LogP contribution in [0.3, 0.4) is 0 Å². The zero-order valence-corrected chi connectivity index (χ0v) is 15.5. The van der Waals surface area contributed by atoms with Gasteiger partial charge in [0, 0.05) is 38.2 Å². The summed E-state index contributed by atoms with van der Waals surface area (Å²) in [6.45, 7) is 2.59. The minimum absolute atomic E-state index is 0.0299. The number of ether oxygens (including phenoxy) is 1. The molecule has 1 aromatic carbocycles. The Morgan fingerprint density at radius 2 is 1.75 bits per heavy atom. The molecular formula is C20H20N4O4. The molecule has 1 fully saturated rings. The van der Waals surface area contributed by atoms with Gasteiger partial charge in [-0.25, -0.2) is 4.98 Å². The summed E-state index contributed by atoms with van der Waals surface area (Å²) in [6, 6.07) is 8.35. The number of hydrogen-bond acceptors (Lipinski definition) is 6. The highest BCUT2D eigenvalue weighted by Gasteiger charge is 2.37. The standard InChI is InChI=1S/C20H20N4O4/c1-13-21-9-6-17(22-13)28-14-7-10-23(11-8-14)18(25)12-24-19(26)15-4-2-3-5-16(15)20(24)27/h2-6,9,14H,7-8,10-12H2,1H3. The number of likely N-dealkylation sites (tertiary alicyclic amines) is 1. The fourth-order valence-corrected chi connectivity index (χ4v) is 3.51. The molecule has 144 valence electrons. The van der Waals surface area contributed by atoms with Gasteiger partial charge >= 0.3 is 0 Å². The molecule has 28 heavy (non-hydrogen) atoms. The SMILES string of the molecule is Cc1nccc(OC2CCN(C(=O)CN3C(=O)c4ccccc4C3=O)CC2)n1. The second-order valence-electron chi connectivity index (χ2n) is 6.88. The van der Waals surface area contributed by atoms with Gasteiger partial charge < -0.3 is 9.64 Å². The number of carbonyl (C=O) groups is 3. The third kappa shape index (κ3) is 3.45. The number of piperidine rings is 1. The van der Waals surface area contributed by atoms with Crippen molar-refractivity contribution in [1.82, 2.24) is 19.8 Å². The van der Waals surface area contributed by atoms with Gasteiger partial charge in [-0.15, -0.1) is 0 Å². The van der Waals surface area contributed by atoms with Gasteiger partial charge in [0.1, 0.15) is 18.5 Å². The molecule has 1 saturated heterocycles. The third-order valence-electron chi connectivity index (χ3n) is 5.00. The lowest BCUT2D eigenvalue weighted by Gasteiger charge is -2.32. The molecular weight excluding hydrogens is 360 g/mol. The zero-order valence-electron chi connectivity index (χ0n) is 15.5. The summed E-state index contributed by atoms with van der Waals surface area (Å²) in [4.78, 5) is 48.4. The van der Waals surface area contributed by atoms with Gasteiger partial charge in [-0.1, -0.05) is 12.1 Å². The van der Waals surface area contributed by atoms with Crippen LogP contribution in [-0.2, 0) is 4.79 Å². The summed E-state index contributed by atoms with van der Waals surface area (Å²) in [7, 11) is 0. The minimum atomic E-state index is -0.411. The largest absolute Gasteiger partial charge is 0.474 e. The molecule has 0 atom stereocenters. The summed E-state index contributed by atoms with van der Waals surface area (Å²) in [5.41, 5.74) is 0.708. The number of rotatable bonds is 4. The quantitative estimate of drug-likeness (QED) is 0.746. The van der Waals surface area contributed by atoms with E-state index in [2.05, 4.69) is 9.97 Å². The molecule has 0 saturated carbocycles. The maximum absolute atomic E-state index is 12.6. The van der Waals surface area contributed by atoms with Crippen LogP contribution in [0.5, 0.6) is 5.88 Å². The van der Waals surface area contributed by atoms with E-state index in [4.69, 9.17) is 4.74 Å². The van der Waals surface area contributed by atoms with E-state index in [0.29, 0.717) is 48.8 Å². The molecule has 0 unspecified atom stereocenters. The van der Waals surface area contributed by atoms with Gasteiger partial charge in [0.25, 0.3) is 11.8 Å². The van der Waals surface area contributed by atoms with Crippen LogP contribution in [0.25, 0.3) is 0 Å². The highest BCUT2D eigenvalue weighted by atomic mass is 16.5. The van der Waals surface area contributed by atoms with Crippen molar-refractivity contribution in [2.45, 2.75) is 25.9 Å². The molecule has 0 aliphatic carbocycles. The Bertz CT molecular complexity index is 902. The van der Waals surface area contributed by atoms with Crippen molar-refractivity contribution in [3.8, 4) is 5.88 Å². The van der Waals surface area contributed by atoms with Crippen molar-refractivity contribution in [1.29, 1.82) is 0 Å². The summed E-state index contributed by atoms with van der Waals surface area (Å²) in [5, 5.41) is 0. The third-order valence-corrected chi connectivity index (χ3v) is 5.00. The number of imide groups is 1. The maximum Gasteiger partial charge on any atom is 0.262 e. The molecule has 3 amide bonds. The van der Waals surface area contributed by atoms with E-state index in [9.17, 15) is 14.4 Å². The molecule has 0 radical (unpaired) electrons. The fourth-order valence-electron chi connectivity index (χ4n) is 3.51. The molecule has 8 heteroatoms. The van der Waals surface area contributed by atoms with Crippen molar-refractivity contribution < 1.29 is 19.1 Å². The lowest BCUT2D eigenvalue weighted by Crippen LogP contribution is -2.47. The number of fused-ring (bicyclic) bond motifs is 1. The van der Waals surface area contributed by atoms with Gasteiger partial charge in [0.05, 0.1) is 11.1 Å². The van der Waals surface area contributed by atoms with Crippen molar-refractivity contribution in [2.24, 2.45) is 0 Å². The molecule has 2 aromatic rings. The topological polar surface area (TPSA) is 92.7 Å². The monoisotopic (exact) mass is 380 g/mol. The number of carbonyl (C=O) groups excluding carboxylic acids is 3. The van der Waals surface area contributed by atoms with E-state index in [1.54, 1.807) is 48.4 Å². The molecule has 4 rings (SSSR count). The van der Waals surface area contributed by atoms with E-state index in [-0.39, 0.29) is 18.6 Å². The fraction of sp³-hybridized carbons (Fsp3) is 0.350. The normalized spacial score (nSPS) is 17.0. The molecule has 1 aromatic heterocycles. The highest BCUT2D eigenvalue weighted by Crippen LogP contribution is 2.23. The average molecular weight is 380 g/mol. The van der Waals surface area contributed by atoms with Crippen LogP contribution in [0.15, 0.2) is 36.5 Å². The van der Waals surface area contributed by atoms with Crippen LogP contribution in [0.1, 0.15) is 39.4 Å². The molecule has 0 spiro atoms. The number of nitrogens with zero attached hydrogens (tertiary/aromatic N) is 4. The molecule has 8 nitrogen and oxygen atoms in total. The number of hydrogen-bond donors (Lipinski definition) is 0. The Balaban J connectivity index is 1.32. The second-order valence-corrected chi connectivity index (χ2v) is 6.88. The molecule has 3 heterocycles. The van der Waals surface area contributed by atoms with Gasteiger partial charge in [-0.3, -0.25) is 19.3 Å². The van der Waals surface area contributed by atoms with Crippen molar-refractivity contribution in [2.75, 3.05) is 19.6 Å². The maximum atomic E-state index is 12.6. The number of benzene rings is 1. The zero-order chi connectivity index (χ0) is 19.7. The molecule has 2 aliphatic rings. The Labute approximate surface area is 162 Å². The minimum Gasteiger partial charge on any atom is -0.474 e. The first-order chi connectivity index (χ1) is 13.5. The Hall–Kier alpha value is -3.29. The number of amides is 3. The van der Waals surface area contributed by atoms with Gasteiger partial charge in [-0.05, 0) is 19.1 Å². The number of aromatic nitrogens is 2. The first kappa shape index (κ1) is 18.1. The van der Waals surface area contributed by atoms with Crippen molar-refractivity contribution in [3.63, 3.8) is 0 Å². The smallest absolute Gasteiger partial charge is 0.262 e. The lowest BCUT2D eigenvalue weighted by atomic mass is 10.1. The average Bonchev–Trinajstić information content (AvgIpc) is 2.94. The summed E-state index contributed by atoms with van der Waals surface area (Å²) in [6.07, 6.45) is 2.95. The Morgan fingerprint density at radius 1 is 1.11 bits per heavy atom. The summed E-state index contributed by atoms with van der Waals surface area (Å²) < 4.78 is 5.87. The predicted molar refractivity (Wildman–Crippen MR) is 98.8 cm³/mol. The Morgan fingerprint density at radius 3 is 2.36 bits per heavy atom. The van der Waals surface area contributed by atoms with E-state index < -0.39 is 11.8 Å². The van der Waals surface area contributed by atoms with E-state index >= 15 is 0 Å². The highest BCUT2D eigenvalue weighted by molar-refractivity contribution is 6.22. The van der Waals surface area contributed by atoms with Gasteiger partial charge in [0.15, 0.2) is 0 Å². The van der Waals surface area contributed by atoms with Crippen LogP contribution in [0.4, 0.5) is 0 Å².